The topological polar surface area (TPSA) is 95.5 Å². The predicted molar refractivity (Wildman–Crippen MR) is 86.2 cm³/mol. The minimum absolute atomic E-state index is 0.000579. The van der Waals surface area contributed by atoms with E-state index in [2.05, 4.69) is 10.6 Å². The summed E-state index contributed by atoms with van der Waals surface area (Å²) in [6.45, 7) is 3.58. The van der Waals surface area contributed by atoms with Crippen molar-refractivity contribution in [1.29, 1.82) is 0 Å². The van der Waals surface area contributed by atoms with E-state index in [0.29, 0.717) is 17.7 Å². The van der Waals surface area contributed by atoms with Crippen molar-refractivity contribution < 1.29 is 19.5 Å². The fourth-order valence-electron chi connectivity index (χ4n) is 2.16. The monoisotopic (exact) mass is 318 g/mol. The lowest BCUT2D eigenvalue weighted by Crippen LogP contribution is -2.43. The molecule has 0 saturated heterocycles. The molecule has 1 aliphatic carbocycles. The zero-order valence-corrected chi connectivity index (χ0v) is 13.4. The molecular formula is C17H22N2O4. The van der Waals surface area contributed by atoms with E-state index in [0.717, 1.165) is 12.8 Å². The Morgan fingerprint density at radius 2 is 1.78 bits per heavy atom. The summed E-state index contributed by atoms with van der Waals surface area (Å²) in [5.41, 5.74) is 0.537. The van der Waals surface area contributed by atoms with Crippen molar-refractivity contribution in [3.05, 3.63) is 29.8 Å². The molecule has 0 aromatic heterocycles. The standard InChI is InChI=1S/C17H22N2O4/c1-17(2,10-9-14(20)21)19-16(23)12-5-7-13(8-6-12)18-15(22)11-3-4-11/h5-8,11H,3-4,9-10H2,1-2H3,(H,18,22)(H,19,23)(H,20,21). The van der Waals surface area contributed by atoms with Gasteiger partial charge in [0.05, 0.1) is 0 Å². The molecule has 1 aliphatic rings. The van der Waals surface area contributed by atoms with Gasteiger partial charge in [-0.25, -0.2) is 0 Å². The average Bonchev–Trinajstić information content (AvgIpc) is 3.30. The van der Waals surface area contributed by atoms with Crippen molar-refractivity contribution in [2.24, 2.45) is 5.92 Å². The molecule has 2 amide bonds. The van der Waals surface area contributed by atoms with Crippen LogP contribution in [0.15, 0.2) is 24.3 Å². The van der Waals surface area contributed by atoms with Crippen molar-refractivity contribution in [3.63, 3.8) is 0 Å². The van der Waals surface area contributed by atoms with E-state index in [4.69, 9.17) is 5.11 Å². The van der Waals surface area contributed by atoms with E-state index < -0.39 is 11.5 Å². The van der Waals surface area contributed by atoms with E-state index in [1.807, 2.05) is 0 Å². The number of aliphatic carboxylic acids is 1. The molecule has 6 nitrogen and oxygen atoms in total. The molecule has 1 aromatic rings. The zero-order valence-electron chi connectivity index (χ0n) is 13.4. The van der Waals surface area contributed by atoms with Gasteiger partial charge >= 0.3 is 5.97 Å². The van der Waals surface area contributed by atoms with Gasteiger partial charge in [0, 0.05) is 29.1 Å². The molecule has 23 heavy (non-hydrogen) atoms. The highest BCUT2D eigenvalue weighted by molar-refractivity contribution is 5.97. The highest BCUT2D eigenvalue weighted by Gasteiger charge is 2.29. The number of rotatable bonds is 7. The predicted octanol–water partition coefficient (Wildman–Crippen LogP) is 2.41. The molecule has 0 heterocycles. The molecule has 1 saturated carbocycles. The summed E-state index contributed by atoms with van der Waals surface area (Å²) in [5, 5.41) is 14.4. The van der Waals surface area contributed by atoms with Gasteiger partial charge in [0.2, 0.25) is 5.91 Å². The lowest BCUT2D eigenvalue weighted by Gasteiger charge is -2.25. The van der Waals surface area contributed by atoms with E-state index in [9.17, 15) is 14.4 Å². The normalized spacial score (nSPS) is 14.2. The van der Waals surface area contributed by atoms with Crippen LogP contribution in [0.5, 0.6) is 0 Å². The molecule has 0 spiro atoms. The Morgan fingerprint density at radius 3 is 2.30 bits per heavy atom. The highest BCUT2D eigenvalue weighted by atomic mass is 16.4. The van der Waals surface area contributed by atoms with Gasteiger partial charge in [-0.3, -0.25) is 14.4 Å². The van der Waals surface area contributed by atoms with Gasteiger partial charge in [0.25, 0.3) is 5.91 Å². The van der Waals surface area contributed by atoms with Crippen LogP contribution in [0.3, 0.4) is 0 Å². The van der Waals surface area contributed by atoms with E-state index in [1.54, 1.807) is 38.1 Å². The number of carboxylic acid groups (broad SMARTS) is 1. The molecule has 2 rings (SSSR count). The number of carbonyl (C=O) groups excluding carboxylic acids is 2. The minimum Gasteiger partial charge on any atom is -0.481 e. The number of amides is 2. The maximum atomic E-state index is 12.2. The Morgan fingerprint density at radius 1 is 1.17 bits per heavy atom. The van der Waals surface area contributed by atoms with Crippen molar-refractivity contribution >= 4 is 23.5 Å². The number of carbonyl (C=O) groups is 3. The summed E-state index contributed by atoms with van der Waals surface area (Å²) >= 11 is 0. The van der Waals surface area contributed by atoms with Gasteiger partial charge < -0.3 is 15.7 Å². The Balaban J connectivity index is 1.91. The first-order chi connectivity index (χ1) is 10.8. The van der Waals surface area contributed by atoms with Crippen molar-refractivity contribution in [2.75, 3.05) is 5.32 Å². The second kappa shape index (κ2) is 6.81. The van der Waals surface area contributed by atoms with Crippen LogP contribution in [0.1, 0.15) is 49.9 Å². The Bertz CT molecular complexity index is 604. The minimum atomic E-state index is -0.886. The maximum Gasteiger partial charge on any atom is 0.303 e. The third-order valence-corrected chi connectivity index (χ3v) is 3.78. The Kier molecular flexibility index (Phi) is 5.03. The van der Waals surface area contributed by atoms with Crippen molar-refractivity contribution in [2.45, 2.75) is 45.1 Å². The zero-order chi connectivity index (χ0) is 17.0. The second-order valence-electron chi connectivity index (χ2n) is 6.57. The van der Waals surface area contributed by atoms with Crippen LogP contribution in [0.25, 0.3) is 0 Å². The number of carboxylic acids is 1. The SMILES string of the molecule is CC(C)(CCC(=O)O)NC(=O)c1ccc(NC(=O)C2CC2)cc1. The van der Waals surface area contributed by atoms with E-state index >= 15 is 0 Å². The van der Waals surface area contributed by atoms with Gasteiger partial charge in [-0.2, -0.15) is 0 Å². The lowest BCUT2D eigenvalue weighted by atomic mass is 9.97. The number of hydrogen-bond acceptors (Lipinski definition) is 3. The molecular weight excluding hydrogens is 296 g/mol. The number of nitrogens with one attached hydrogen (secondary N) is 2. The first-order valence-electron chi connectivity index (χ1n) is 7.72. The van der Waals surface area contributed by atoms with Crippen LogP contribution < -0.4 is 10.6 Å². The molecule has 124 valence electrons. The summed E-state index contributed by atoms with van der Waals surface area (Å²) < 4.78 is 0. The second-order valence-corrected chi connectivity index (χ2v) is 6.57. The molecule has 6 heteroatoms. The average molecular weight is 318 g/mol. The lowest BCUT2D eigenvalue weighted by molar-refractivity contribution is -0.137. The van der Waals surface area contributed by atoms with E-state index in [1.165, 1.54) is 0 Å². The Labute approximate surface area is 135 Å². The summed E-state index contributed by atoms with van der Waals surface area (Å²) in [5.74, 6) is -0.992. The first kappa shape index (κ1) is 17.0. The highest BCUT2D eigenvalue weighted by Crippen LogP contribution is 2.30. The molecule has 0 bridgehead atoms. The molecule has 0 radical (unpaired) electrons. The van der Waals surface area contributed by atoms with Crippen molar-refractivity contribution in [1.82, 2.24) is 5.32 Å². The summed E-state index contributed by atoms with van der Waals surface area (Å²) in [4.78, 5) is 34.5. The van der Waals surface area contributed by atoms with Crippen LogP contribution in [0.4, 0.5) is 5.69 Å². The van der Waals surface area contributed by atoms with Crippen LogP contribution in [0.2, 0.25) is 0 Å². The summed E-state index contributed by atoms with van der Waals surface area (Å²) in [7, 11) is 0. The van der Waals surface area contributed by atoms with Gasteiger partial charge in [-0.15, -0.1) is 0 Å². The van der Waals surface area contributed by atoms with Gasteiger partial charge in [-0.05, 0) is 57.4 Å². The van der Waals surface area contributed by atoms with Gasteiger partial charge in [0.1, 0.15) is 0 Å². The van der Waals surface area contributed by atoms with E-state index in [-0.39, 0.29) is 24.2 Å². The summed E-state index contributed by atoms with van der Waals surface area (Å²) in [6, 6.07) is 6.68. The van der Waals surface area contributed by atoms with Crippen LogP contribution in [-0.4, -0.2) is 28.4 Å². The summed E-state index contributed by atoms with van der Waals surface area (Å²) in [6.07, 6.45) is 2.23. The van der Waals surface area contributed by atoms with Gasteiger partial charge in [-0.1, -0.05) is 0 Å². The van der Waals surface area contributed by atoms with Crippen LogP contribution in [0, 0.1) is 5.92 Å². The number of benzene rings is 1. The fraction of sp³-hybridized carbons (Fsp3) is 0.471. The fourth-order valence-corrected chi connectivity index (χ4v) is 2.16. The van der Waals surface area contributed by atoms with Gasteiger partial charge in [0.15, 0.2) is 0 Å². The smallest absolute Gasteiger partial charge is 0.303 e. The number of hydrogen-bond donors (Lipinski definition) is 3. The van der Waals surface area contributed by atoms with Crippen LogP contribution in [-0.2, 0) is 9.59 Å². The third-order valence-electron chi connectivity index (χ3n) is 3.78. The largest absolute Gasteiger partial charge is 0.481 e. The van der Waals surface area contributed by atoms with Crippen LogP contribution >= 0.6 is 0 Å². The third kappa shape index (κ3) is 5.39. The maximum absolute atomic E-state index is 12.2. The molecule has 0 aliphatic heterocycles. The molecule has 3 N–H and O–H groups in total. The molecule has 0 atom stereocenters. The molecule has 0 unspecified atom stereocenters. The molecule has 1 fully saturated rings. The number of anilines is 1. The molecule has 1 aromatic carbocycles. The van der Waals surface area contributed by atoms with Crippen molar-refractivity contribution in [3.8, 4) is 0 Å². The quantitative estimate of drug-likeness (QED) is 0.719. The first-order valence-corrected chi connectivity index (χ1v) is 7.72. The Hall–Kier alpha value is -2.37.